The molecule has 2 aromatic carbocycles. The summed E-state index contributed by atoms with van der Waals surface area (Å²) in [6.07, 6.45) is 0. The number of amides is 1. The van der Waals surface area contributed by atoms with Crippen molar-refractivity contribution in [1.29, 1.82) is 0 Å². The van der Waals surface area contributed by atoms with Crippen LogP contribution < -0.4 is 15.0 Å². The lowest BCUT2D eigenvalue weighted by Crippen LogP contribution is -2.43. The maximum absolute atomic E-state index is 12.7. The van der Waals surface area contributed by atoms with Crippen LogP contribution in [0, 0.1) is 19.8 Å². The molecule has 0 aromatic heterocycles. The highest BCUT2D eigenvalue weighted by molar-refractivity contribution is 7.92. The van der Waals surface area contributed by atoms with E-state index in [0.29, 0.717) is 5.69 Å². The van der Waals surface area contributed by atoms with Gasteiger partial charge in [0.05, 0.1) is 16.3 Å². The monoisotopic (exact) mass is 439 g/mol. The van der Waals surface area contributed by atoms with Gasteiger partial charge < -0.3 is 0 Å². The Morgan fingerprint density at radius 3 is 2.31 bits per heavy atom. The largest absolute Gasteiger partial charge is 0.279 e. The minimum atomic E-state index is -3.93. The third kappa shape index (κ3) is 6.55. The van der Waals surface area contributed by atoms with Gasteiger partial charge in [0.1, 0.15) is 0 Å². The van der Waals surface area contributed by atoms with E-state index >= 15 is 0 Å². The highest BCUT2D eigenvalue weighted by atomic mass is 32.2. The van der Waals surface area contributed by atoms with Crippen LogP contribution in [0.5, 0.6) is 0 Å². The molecule has 0 aliphatic rings. The minimum absolute atomic E-state index is 0.000694. The lowest BCUT2D eigenvalue weighted by molar-refractivity contribution is 0.0945. The number of hydrogen-bond acceptors (Lipinski definition) is 5. The number of sulfonamides is 2. The van der Waals surface area contributed by atoms with Crippen molar-refractivity contribution in [2.45, 2.75) is 32.6 Å². The minimum Gasteiger partial charge on any atom is -0.279 e. The zero-order chi connectivity index (χ0) is 21.8. The maximum Gasteiger partial charge on any atom is 0.266 e. The first-order valence-corrected chi connectivity index (χ1v) is 12.0. The summed E-state index contributed by atoms with van der Waals surface area (Å²) < 4.78 is 51.6. The van der Waals surface area contributed by atoms with Crippen molar-refractivity contribution >= 4 is 31.6 Å². The van der Waals surface area contributed by atoms with Gasteiger partial charge in [-0.15, -0.1) is 4.83 Å². The van der Waals surface area contributed by atoms with Gasteiger partial charge in [0.25, 0.3) is 15.9 Å². The normalized spacial score (nSPS) is 12.0. The van der Waals surface area contributed by atoms with Crippen molar-refractivity contribution in [3.05, 3.63) is 59.2 Å². The molecule has 0 saturated heterocycles. The second-order valence-electron chi connectivity index (χ2n) is 7.18. The molecule has 8 nitrogen and oxygen atoms in total. The first-order chi connectivity index (χ1) is 13.4. The number of hydrogen-bond donors (Lipinski definition) is 3. The molecule has 2 aromatic rings. The van der Waals surface area contributed by atoms with E-state index in [-0.39, 0.29) is 22.1 Å². The third-order valence-corrected chi connectivity index (χ3v) is 6.79. The van der Waals surface area contributed by atoms with Gasteiger partial charge in [-0.3, -0.25) is 14.9 Å². The SMILES string of the molecule is Cc1ccc(NS(=O)(=O)c2cccc(C(=O)NNS(=O)(=O)CC(C)C)c2)c(C)c1. The van der Waals surface area contributed by atoms with Crippen LogP contribution in [0.1, 0.15) is 35.3 Å². The molecule has 0 aliphatic carbocycles. The number of nitrogens with one attached hydrogen (secondary N) is 3. The molecule has 1 amide bonds. The van der Waals surface area contributed by atoms with Crippen molar-refractivity contribution < 1.29 is 21.6 Å². The molecule has 0 radical (unpaired) electrons. The van der Waals surface area contributed by atoms with Gasteiger partial charge in [-0.2, -0.15) is 0 Å². The molecular weight excluding hydrogens is 414 g/mol. The standard InChI is InChI=1S/C19H25N3O5S2/c1-13(2)12-28(24,25)22-20-19(23)16-6-5-7-17(11-16)29(26,27)21-18-9-8-14(3)10-15(18)4/h5-11,13,21-22H,12H2,1-4H3,(H,20,23). The van der Waals surface area contributed by atoms with Crippen molar-refractivity contribution in [1.82, 2.24) is 10.3 Å². The van der Waals surface area contributed by atoms with Crippen LogP contribution in [0.15, 0.2) is 47.4 Å². The van der Waals surface area contributed by atoms with Gasteiger partial charge in [0.15, 0.2) is 0 Å². The fourth-order valence-corrected chi connectivity index (χ4v) is 5.00. The number of hydrazine groups is 1. The van der Waals surface area contributed by atoms with Gasteiger partial charge in [-0.05, 0) is 49.6 Å². The van der Waals surface area contributed by atoms with Crippen LogP contribution in [0.2, 0.25) is 0 Å². The van der Waals surface area contributed by atoms with Crippen LogP contribution in [0.4, 0.5) is 5.69 Å². The van der Waals surface area contributed by atoms with E-state index in [1.807, 2.05) is 17.8 Å². The summed E-state index contributed by atoms with van der Waals surface area (Å²) in [6, 6.07) is 10.6. The fraction of sp³-hybridized carbons (Fsp3) is 0.316. The van der Waals surface area contributed by atoms with Crippen molar-refractivity contribution in [3.63, 3.8) is 0 Å². The molecule has 0 spiro atoms. The Balaban J connectivity index is 2.18. The molecule has 10 heteroatoms. The highest BCUT2D eigenvalue weighted by Crippen LogP contribution is 2.21. The van der Waals surface area contributed by atoms with Crippen molar-refractivity contribution in [2.75, 3.05) is 10.5 Å². The summed E-state index contributed by atoms with van der Waals surface area (Å²) >= 11 is 0. The number of rotatable bonds is 8. The van der Waals surface area contributed by atoms with Crippen LogP contribution in [-0.4, -0.2) is 28.5 Å². The van der Waals surface area contributed by atoms with Gasteiger partial charge in [0.2, 0.25) is 10.0 Å². The Labute approximate surface area is 171 Å². The van der Waals surface area contributed by atoms with E-state index in [2.05, 4.69) is 10.1 Å². The Morgan fingerprint density at radius 1 is 1.00 bits per heavy atom. The van der Waals surface area contributed by atoms with Gasteiger partial charge >= 0.3 is 0 Å². The average molecular weight is 440 g/mol. The molecule has 158 valence electrons. The molecule has 0 saturated carbocycles. The lowest BCUT2D eigenvalue weighted by Gasteiger charge is -2.13. The maximum atomic E-state index is 12.7. The first kappa shape index (κ1) is 22.9. The molecule has 0 aliphatic heterocycles. The number of anilines is 1. The Hall–Kier alpha value is -2.43. The van der Waals surface area contributed by atoms with E-state index in [0.717, 1.165) is 11.1 Å². The zero-order valence-electron chi connectivity index (χ0n) is 16.7. The van der Waals surface area contributed by atoms with E-state index in [1.54, 1.807) is 32.9 Å². The Morgan fingerprint density at radius 2 is 1.69 bits per heavy atom. The number of benzene rings is 2. The summed E-state index contributed by atoms with van der Waals surface area (Å²) in [6.45, 7) is 7.16. The van der Waals surface area contributed by atoms with Crippen molar-refractivity contribution in [3.8, 4) is 0 Å². The predicted molar refractivity (Wildman–Crippen MR) is 112 cm³/mol. The summed E-state index contributed by atoms with van der Waals surface area (Å²) in [5.74, 6) is -1.03. The summed E-state index contributed by atoms with van der Waals surface area (Å²) in [4.78, 5) is 14.1. The van der Waals surface area contributed by atoms with E-state index in [4.69, 9.17) is 0 Å². The van der Waals surface area contributed by atoms with Gasteiger partial charge in [-0.25, -0.2) is 16.8 Å². The number of carbonyl (C=O) groups is 1. The average Bonchev–Trinajstić information content (AvgIpc) is 2.61. The van der Waals surface area contributed by atoms with Gasteiger partial charge in [-0.1, -0.05) is 37.6 Å². The second-order valence-corrected chi connectivity index (χ2v) is 10.6. The molecule has 29 heavy (non-hydrogen) atoms. The second kappa shape index (κ2) is 8.93. The topological polar surface area (TPSA) is 121 Å². The molecule has 0 bridgehead atoms. The van der Waals surface area contributed by atoms with Crippen molar-refractivity contribution in [2.24, 2.45) is 5.92 Å². The molecule has 2 rings (SSSR count). The van der Waals surface area contributed by atoms with Crippen LogP contribution in [0.3, 0.4) is 0 Å². The molecule has 0 atom stereocenters. The smallest absolute Gasteiger partial charge is 0.266 e. The molecular formula is C19H25N3O5S2. The molecule has 3 N–H and O–H groups in total. The number of aryl methyl sites for hydroxylation is 2. The quantitative estimate of drug-likeness (QED) is 0.545. The highest BCUT2D eigenvalue weighted by Gasteiger charge is 2.19. The van der Waals surface area contributed by atoms with E-state index < -0.39 is 26.0 Å². The third-order valence-electron chi connectivity index (χ3n) is 3.91. The molecule has 0 fully saturated rings. The Kier molecular flexibility index (Phi) is 7.04. The zero-order valence-corrected chi connectivity index (χ0v) is 18.3. The van der Waals surface area contributed by atoms with E-state index in [1.165, 1.54) is 24.3 Å². The fourth-order valence-electron chi connectivity index (χ4n) is 2.61. The van der Waals surface area contributed by atoms with Crippen LogP contribution in [-0.2, 0) is 20.0 Å². The first-order valence-electron chi connectivity index (χ1n) is 8.89. The summed E-state index contributed by atoms with van der Waals surface area (Å²) in [5.41, 5.74) is 4.30. The van der Waals surface area contributed by atoms with E-state index in [9.17, 15) is 21.6 Å². The van der Waals surface area contributed by atoms with Gasteiger partial charge in [0, 0.05) is 5.56 Å². The summed E-state index contributed by atoms with van der Waals surface area (Å²) in [7, 11) is -7.62. The van der Waals surface area contributed by atoms with Crippen LogP contribution >= 0.6 is 0 Å². The van der Waals surface area contributed by atoms with Crippen LogP contribution in [0.25, 0.3) is 0 Å². The number of carbonyl (C=O) groups excluding carboxylic acids is 1. The summed E-state index contributed by atoms with van der Waals surface area (Å²) in [5, 5.41) is 0. The lowest BCUT2D eigenvalue weighted by atomic mass is 10.1. The molecule has 0 unspecified atom stereocenters. The predicted octanol–water partition coefficient (Wildman–Crippen LogP) is 2.32. The Bertz CT molecular complexity index is 1110. The molecule has 0 heterocycles.